The highest BCUT2D eigenvalue weighted by Gasteiger charge is 2.17. The number of aromatic nitrogens is 2. The molecule has 0 aliphatic heterocycles. The highest BCUT2D eigenvalue weighted by Crippen LogP contribution is 2.25. The summed E-state index contributed by atoms with van der Waals surface area (Å²) in [6, 6.07) is 28.9. The zero-order valence-corrected chi connectivity index (χ0v) is 16.0. The van der Waals surface area contributed by atoms with Gasteiger partial charge in [-0.15, -0.1) is 0 Å². The first-order chi connectivity index (χ1) is 14.2. The van der Waals surface area contributed by atoms with Crippen LogP contribution in [0.1, 0.15) is 17.2 Å². The summed E-state index contributed by atoms with van der Waals surface area (Å²) in [4.78, 5) is 17.2. The molecule has 0 saturated heterocycles. The lowest BCUT2D eigenvalue weighted by molar-refractivity contribution is 0.415. The van der Waals surface area contributed by atoms with E-state index in [1.54, 1.807) is 17.9 Å². The lowest BCUT2D eigenvalue weighted by Gasteiger charge is -2.21. The van der Waals surface area contributed by atoms with Gasteiger partial charge in [0.1, 0.15) is 11.6 Å². The molecule has 0 aliphatic carbocycles. The summed E-state index contributed by atoms with van der Waals surface area (Å²) in [7, 11) is 1.62. The Kier molecular flexibility index (Phi) is 5.38. The molecule has 4 rings (SSSR count). The van der Waals surface area contributed by atoms with Gasteiger partial charge in [-0.05, 0) is 41.5 Å². The van der Waals surface area contributed by atoms with Crippen molar-refractivity contribution in [1.29, 1.82) is 0 Å². The molecule has 144 valence electrons. The van der Waals surface area contributed by atoms with Crippen molar-refractivity contribution in [3.05, 3.63) is 119 Å². The zero-order chi connectivity index (χ0) is 20.1. The molecule has 5 heteroatoms. The predicted molar refractivity (Wildman–Crippen MR) is 115 cm³/mol. The molecule has 0 spiro atoms. The van der Waals surface area contributed by atoms with Crippen LogP contribution in [0.2, 0.25) is 0 Å². The Labute approximate surface area is 169 Å². The van der Waals surface area contributed by atoms with Crippen molar-refractivity contribution < 1.29 is 4.74 Å². The monoisotopic (exact) mass is 383 g/mol. The summed E-state index contributed by atoms with van der Waals surface area (Å²) < 4.78 is 6.82. The summed E-state index contributed by atoms with van der Waals surface area (Å²) in [6.07, 6.45) is 1.78. The summed E-state index contributed by atoms with van der Waals surface area (Å²) >= 11 is 0. The maximum atomic E-state index is 12.9. The summed E-state index contributed by atoms with van der Waals surface area (Å²) in [5.74, 6) is 1.27. The largest absolute Gasteiger partial charge is 0.497 e. The second kappa shape index (κ2) is 8.44. The van der Waals surface area contributed by atoms with Crippen LogP contribution in [0.25, 0.3) is 0 Å². The van der Waals surface area contributed by atoms with Gasteiger partial charge in [-0.25, -0.2) is 4.79 Å². The van der Waals surface area contributed by atoms with E-state index in [1.807, 2.05) is 91.0 Å². The highest BCUT2D eigenvalue weighted by atomic mass is 16.5. The standard InChI is InChI=1S/C24H21N3O2/c1-29-21-14-12-20(13-15-21)25-22-16-17-27(24(28)26-22)23(18-8-4-2-5-9-18)19-10-6-3-7-11-19/h2-17,23H,1H3,(H,25,26,28). The van der Waals surface area contributed by atoms with Gasteiger partial charge < -0.3 is 10.1 Å². The molecular formula is C24H21N3O2. The number of hydrogen-bond donors (Lipinski definition) is 1. The van der Waals surface area contributed by atoms with Crippen LogP contribution in [-0.2, 0) is 0 Å². The van der Waals surface area contributed by atoms with Gasteiger partial charge in [0.15, 0.2) is 0 Å². The number of hydrogen-bond acceptors (Lipinski definition) is 4. The lowest BCUT2D eigenvalue weighted by atomic mass is 9.98. The SMILES string of the molecule is COc1ccc(Nc2ccn(C(c3ccccc3)c3ccccc3)c(=O)n2)cc1. The quantitative estimate of drug-likeness (QED) is 0.527. The molecule has 29 heavy (non-hydrogen) atoms. The van der Waals surface area contributed by atoms with Gasteiger partial charge in [-0.3, -0.25) is 4.57 Å². The second-order valence-corrected chi connectivity index (χ2v) is 6.58. The number of nitrogens with one attached hydrogen (secondary N) is 1. The highest BCUT2D eigenvalue weighted by molar-refractivity contribution is 5.56. The van der Waals surface area contributed by atoms with Crippen molar-refractivity contribution >= 4 is 11.5 Å². The summed E-state index contributed by atoms with van der Waals surface area (Å²) in [5, 5.41) is 3.16. The molecule has 0 aliphatic rings. The van der Waals surface area contributed by atoms with E-state index < -0.39 is 0 Å². The molecule has 5 nitrogen and oxygen atoms in total. The number of nitrogens with zero attached hydrogens (tertiary/aromatic N) is 2. The minimum absolute atomic E-state index is 0.243. The van der Waals surface area contributed by atoms with E-state index in [0.717, 1.165) is 22.6 Å². The molecule has 1 N–H and O–H groups in total. The Hall–Kier alpha value is -3.86. The Morgan fingerprint density at radius 3 is 1.93 bits per heavy atom. The normalized spacial score (nSPS) is 10.7. The smallest absolute Gasteiger partial charge is 0.350 e. The zero-order valence-electron chi connectivity index (χ0n) is 16.0. The number of benzene rings is 3. The number of methoxy groups -OCH3 is 1. The van der Waals surface area contributed by atoms with E-state index in [0.29, 0.717) is 5.82 Å². The van der Waals surface area contributed by atoms with Crippen LogP contribution in [0.3, 0.4) is 0 Å². The van der Waals surface area contributed by atoms with Crippen molar-refractivity contribution in [2.45, 2.75) is 6.04 Å². The molecule has 0 radical (unpaired) electrons. The van der Waals surface area contributed by atoms with E-state index >= 15 is 0 Å². The second-order valence-electron chi connectivity index (χ2n) is 6.58. The van der Waals surface area contributed by atoms with Crippen LogP contribution in [0.15, 0.2) is 102 Å². The first kappa shape index (κ1) is 18.5. The molecule has 0 amide bonds. The van der Waals surface area contributed by atoms with E-state index in [-0.39, 0.29) is 11.7 Å². The molecular weight excluding hydrogens is 362 g/mol. The van der Waals surface area contributed by atoms with Gasteiger partial charge in [0, 0.05) is 11.9 Å². The van der Waals surface area contributed by atoms with Gasteiger partial charge in [-0.2, -0.15) is 4.98 Å². The van der Waals surface area contributed by atoms with Crippen LogP contribution < -0.4 is 15.7 Å². The van der Waals surface area contributed by atoms with Crippen LogP contribution >= 0.6 is 0 Å². The Morgan fingerprint density at radius 2 is 1.41 bits per heavy atom. The third kappa shape index (κ3) is 4.19. The molecule has 0 atom stereocenters. The number of anilines is 2. The van der Waals surface area contributed by atoms with E-state index in [2.05, 4.69) is 10.3 Å². The number of ether oxygens (including phenoxy) is 1. The molecule has 3 aromatic carbocycles. The van der Waals surface area contributed by atoms with E-state index in [9.17, 15) is 4.79 Å². The molecule has 0 unspecified atom stereocenters. The van der Waals surface area contributed by atoms with Crippen LogP contribution in [-0.4, -0.2) is 16.7 Å². The van der Waals surface area contributed by atoms with E-state index in [1.165, 1.54) is 0 Å². The van der Waals surface area contributed by atoms with Gasteiger partial charge in [0.05, 0.1) is 13.2 Å². The Balaban J connectivity index is 1.68. The number of rotatable bonds is 6. The average Bonchev–Trinajstić information content (AvgIpc) is 2.77. The first-order valence-corrected chi connectivity index (χ1v) is 9.35. The van der Waals surface area contributed by atoms with Crippen LogP contribution in [0.5, 0.6) is 5.75 Å². The minimum Gasteiger partial charge on any atom is -0.497 e. The summed E-state index contributed by atoms with van der Waals surface area (Å²) in [5.41, 5.74) is 2.57. The molecule has 0 saturated carbocycles. The predicted octanol–water partition coefficient (Wildman–Crippen LogP) is 4.63. The average molecular weight is 383 g/mol. The molecule has 1 aromatic heterocycles. The minimum atomic E-state index is -0.318. The fourth-order valence-corrected chi connectivity index (χ4v) is 3.29. The molecule has 4 aromatic rings. The van der Waals surface area contributed by atoms with Crippen LogP contribution in [0.4, 0.5) is 11.5 Å². The maximum Gasteiger partial charge on any atom is 0.350 e. The topological polar surface area (TPSA) is 56.1 Å². The van der Waals surface area contributed by atoms with Crippen molar-refractivity contribution in [2.24, 2.45) is 0 Å². The third-order valence-corrected chi connectivity index (χ3v) is 4.70. The van der Waals surface area contributed by atoms with Gasteiger partial charge in [0.2, 0.25) is 0 Å². The van der Waals surface area contributed by atoms with Crippen molar-refractivity contribution in [3.8, 4) is 5.75 Å². The Morgan fingerprint density at radius 1 is 0.828 bits per heavy atom. The maximum absolute atomic E-state index is 12.9. The van der Waals surface area contributed by atoms with Gasteiger partial charge in [-0.1, -0.05) is 60.7 Å². The lowest BCUT2D eigenvalue weighted by Crippen LogP contribution is -2.28. The van der Waals surface area contributed by atoms with Crippen molar-refractivity contribution in [3.63, 3.8) is 0 Å². The van der Waals surface area contributed by atoms with Crippen molar-refractivity contribution in [2.75, 3.05) is 12.4 Å². The van der Waals surface area contributed by atoms with Gasteiger partial charge >= 0.3 is 5.69 Å². The fourth-order valence-electron chi connectivity index (χ4n) is 3.29. The van der Waals surface area contributed by atoms with Crippen LogP contribution in [0, 0.1) is 0 Å². The molecule has 1 heterocycles. The van der Waals surface area contributed by atoms with E-state index in [4.69, 9.17) is 4.74 Å². The Bertz CT molecular complexity index is 1080. The fraction of sp³-hybridized carbons (Fsp3) is 0.0833. The summed E-state index contributed by atoms with van der Waals surface area (Å²) in [6.45, 7) is 0. The van der Waals surface area contributed by atoms with Crippen molar-refractivity contribution in [1.82, 2.24) is 9.55 Å². The molecule has 0 bridgehead atoms. The first-order valence-electron chi connectivity index (χ1n) is 9.35. The molecule has 0 fully saturated rings. The third-order valence-electron chi connectivity index (χ3n) is 4.70. The van der Waals surface area contributed by atoms with Gasteiger partial charge in [0.25, 0.3) is 0 Å².